The maximum atomic E-state index is 4.76. The Kier molecular flexibility index (Phi) is 4.18. The topological polar surface area (TPSA) is 32.3 Å². The highest BCUT2D eigenvalue weighted by Gasteiger charge is 2.33. The molecule has 0 N–H and O–H groups in total. The monoisotopic (exact) mass is 328 g/mol. The zero-order chi connectivity index (χ0) is 15.8. The summed E-state index contributed by atoms with van der Waals surface area (Å²) in [7, 11) is 4.45. The molecule has 4 rings (SSSR count). The Morgan fingerprint density at radius 1 is 1.17 bits per heavy atom. The SMILES string of the molecule is CN1CC(c2cnc([C@H]3CCCN3C)s2)C[C@@H]1c1cccnc1. The van der Waals surface area contributed by atoms with Crippen LogP contribution in [-0.2, 0) is 0 Å². The molecule has 0 radical (unpaired) electrons. The summed E-state index contributed by atoms with van der Waals surface area (Å²) in [4.78, 5) is 15.4. The van der Waals surface area contributed by atoms with Crippen LogP contribution in [0.4, 0.5) is 0 Å². The molecule has 23 heavy (non-hydrogen) atoms. The summed E-state index contributed by atoms with van der Waals surface area (Å²) in [5.41, 5.74) is 1.33. The van der Waals surface area contributed by atoms with Crippen LogP contribution in [0.5, 0.6) is 0 Å². The van der Waals surface area contributed by atoms with Gasteiger partial charge in [0.2, 0.25) is 0 Å². The van der Waals surface area contributed by atoms with Gasteiger partial charge in [0.1, 0.15) is 5.01 Å². The molecule has 5 heteroatoms. The van der Waals surface area contributed by atoms with Crippen molar-refractivity contribution in [2.24, 2.45) is 0 Å². The van der Waals surface area contributed by atoms with Crippen LogP contribution in [0.15, 0.2) is 30.7 Å². The quantitative estimate of drug-likeness (QED) is 0.864. The molecule has 0 saturated carbocycles. The molecular weight excluding hydrogens is 304 g/mol. The predicted octanol–water partition coefficient (Wildman–Crippen LogP) is 3.47. The lowest BCUT2D eigenvalue weighted by molar-refractivity contribution is 0.316. The van der Waals surface area contributed by atoms with Crippen molar-refractivity contribution >= 4 is 11.3 Å². The number of aromatic nitrogens is 2. The Morgan fingerprint density at radius 2 is 2.09 bits per heavy atom. The largest absolute Gasteiger partial charge is 0.299 e. The highest BCUT2D eigenvalue weighted by molar-refractivity contribution is 7.11. The molecule has 0 aromatic carbocycles. The number of likely N-dealkylation sites (tertiary alicyclic amines) is 2. The normalized spacial score (nSPS) is 29.4. The molecule has 1 unspecified atom stereocenters. The van der Waals surface area contributed by atoms with Gasteiger partial charge in [0.15, 0.2) is 0 Å². The van der Waals surface area contributed by atoms with Gasteiger partial charge in [0.05, 0.1) is 6.04 Å². The van der Waals surface area contributed by atoms with E-state index in [1.165, 1.54) is 41.3 Å². The minimum atomic E-state index is 0.480. The van der Waals surface area contributed by atoms with E-state index in [1.807, 2.05) is 29.8 Å². The second-order valence-electron chi connectivity index (χ2n) is 6.91. The van der Waals surface area contributed by atoms with E-state index in [-0.39, 0.29) is 0 Å². The third-order valence-corrected chi connectivity index (χ3v) is 6.63. The van der Waals surface area contributed by atoms with Crippen LogP contribution in [-0.4, -0.2) is 47.0 Å². The van der Waals surface area contributed by atoms with Gasteiger partial charge in [-0.2, -0.15) is 0 Å². The summed E-state index contributed by atoms with van der Waals surface area (Å²) in [6.45, 7) is 2.32. The molecule has 2 saturated heterocycles. The maximum absolute atomic E-state index is 4.76. The Labute approximate surface area is 142 Å². The van der Waals surface area contributed by atoms with Gasteiger partial charge in [-0.05, 0) is 51.5 Å². The molecule has 2 fully saturated rings. The molecule has 0 aliphatic carbocycles. The van der Waals surface area contributed by atoms with Crippen molar-refractivity contribution in [2.75, 3.05) is 27.2 Å². The van der Waals surface area contributed by atoms with Crippen LogP contribution in [0.3, 0.4) is 0 Å². The molecule has 2 aliphatic rings. The van der Waals surface area contributed by atoms with Crippen molar-refractivity contribution in [2.45, 2.75) is 37.3 Å². The molecule has 2 aliphatic heterocycles. The summed E-state index contributed by atoms with van der Waals surface area (Å²) in [5, 5.41) is 1.31. The van der Waals surface area contributed by atoms with Crippen molar-refractivity contribution in [1.29, 1.82) is 0 Å². The summed E-state index contributed by atoms with van der Waals surface area (Å²) >= 11 is 1.94. The van der Waals surface area contributed by atoms with E-state index in [4.69, 9.17) is 4.98 Å². The van der Waals surface area contributed by atoms with Crippen molar-refractivity contribution in [3.05, 3.63) is 46.2 Å². The number of rotatable bonds is 3. The van der Waals surface area contributed by atoms with Crippen LogP contribution in [0.2, 0.25) is 0 Å². The summed E-state index contributed by atoms with van der Waals surface area (Å²) in [6, 6.07) is 5.26. The van der Waals surface area contributed by atoms with Gasteiger partial charge >= 0.3 is 0 Å². The second-order valence-corrected chi connectivity index (χ2v) is 8.01. The van der Waals surface area contributed by atoms with Gasteiger partial charge in [0, 0.05) is 42.0 Å². The second kappa shape index (κ2) is 6.30. The fraction of sp³-hybridized carbons (Fsp3) is 0.556. The summed E-state index contributed by atoms with van der Waals surface area (Å²) in [6.07, 6.45) is 9.72. The molecule has 0 spiro atoms. The molecule has 122 valence electrons. The number of pyridine rings is 1. The van der Waals surface area contributed by atoms with Crippen molar-refractivity contribution < 1.29 is 0 Å². The lowest BCUT2D eigenvalue weighted by Gasteiger charge is -2.18. The standard InChI is InChI=1S/C18H24N4S/c1-21-8-4-6-15(21)18-20-11-17(23-18)14-9-16(22(2)12-14)13-5-3-7-19-10-13/h3,5,7,10-11,14-16H,4,6,8-9,12H2,1-2H3/t14?,15-,16-/m1/s1. The average Bonchev–Trinajstić information content (AvgIpc) is 3.27. The van der Waals surface area contributed by atoms with E-state index in [0.717, 1.165) is 6.54 Å². The lowest BCUT2D eigenvalue weighted by atomic mass is 10.0. The smallest absolute Gasteiger partial charge is 0.110 e. The summed E-state index contributed by atoms with van der Waals surface area (Å²) < 4.78 is 0. The van der Waals surface area contributed by atoms with E-state index in [9.17, 15) is 0 Å². The Bertz CT molecular complexity index is 656. The zero-order valence-electron chi connectivity index (χ0n) is 13.9. The fourth-order valence-corrected chi connectivity index (χ4v) is 5.26. The molecule has 4 nitrogen and oxygen atoms in total. The number of nitrogens with zero attached hydrogens (tertiary/aromatic N) is 4. The fourth-order valence-electron chi connectivity index (χ4n) is 4.03. The third kappa shape index (κ3) is 2.93. The third-order valence-electron chi connectivity index (χ3n) is 5.37. The van der Waals surface area contributed by atoms with Gasteiger partial charge in [-0.1, -0.05) is 6.07 Å². The number of thiazole rings is 1. The van der Waals surface area contributed by atoms with Gasteiger partial charge in [-0.3, -0.25) is 14.8 Å². The van der Waals surface area contributed by atoms with Gasteiger partial charge in [-0.15, -0.1) is 11.3 Å². The van der Waals surface area contributed by atoms with Crippen molar-refractivity contribution in [3.63, 3.8) is 0 Å². The average molecular weight is 328 g/mol. The van der Waals surface area contributed by atoms with Gasteiger partial charge in [-0.25, -0.2) is 4.98 Å². The lowest BCUT2D eigenvalue weighted by Crippen LogP contribution is -2.18. The van der Waals surface area contributed by atoms with E-state index in [0.29, 0.717) is 18.0 Å². The number of hydrogen-bond donors (Lipinski definition) is 0. The first kappa shape index (κ1) is 15.2. The first-order valence-corrected chi connectivity index (χ1v) is 9.30. The van der Waals surface area contributed by atoms with Gasteiger partial charge in [0.25, 0.3) is 0 Å². The molecule has 2 aromatic rings. The van der Waals surface area contributed by atoms with Crippen molar-refractivity contribution in [1.82, 2.24) is 19.8 Å². The van der Waals surface area contributed by atoms with Crippen LogP contribution in [0, 0.1) is 0 Å². The molecule has 4 heterocycles. The molecule has 0 amide bonds. The van der Waals surface area contributed by atoms with E-state index in [2.05, 4.69) is 41.1 Å². The molecule has 3 atom stereocenters. The molecule has 0 bridgehead atoms. The van der Waals surface area contributed by atoms with E-state index >= 15 is 0 Å². The first-order valence-electron chi connectivity index (χ1n) is 8.48. The highest BCUT2D eigenvalue weighted by atomic mass is 32.1. The van der Waals surface area contributed by atoms with Crippen molar-refractivity contribution in [3.8, 4) is 0 Å². The van der Waals surface area contributed by atoms with Crippen LogP contribution < -0.4 is 0 Å². The highest BCUT2D eigenvalue weighted by Crippen LogP contribution is 2.42. The maximum Gasteiger partial charge on any atom is 0.110 e. The van der Waals surface area contributed by atoms with Gasteiger partial charge < -0.3 is 0 Å². The zero-order valence-corrected chi connectivity index (χ0v) is 14.7. The van der Waals surface area contributed by atoms with Crippen LogP contribution >= 0.6 is 11.3 Å². The number of likely N-dealkylation sites (N-methyl/N-ethyl adjacent to an activating group) is 1. The first-order chi connectivity index (χ1) is 11.2. The Hall–Kier alpha value is -1.30. The van der Waals surface area contributed by atoms with Crippen LogP contribution in [0.25, 0.3) is 0 Å². The van der Waals surface area contributed by atoms with E-state index in [1.54, 1.807) is 0 Å². The van der Waals surface area contributed by atoms with E-state index < -0.39 is 0 Å². The predicted molar refractivity (Wildman–Crippen MR) is 93.7 cm³/mol. The number of hydrogen-bond acceptors (Lipinski definition) is 5. The minimum Gasteiger partial charge on any atom is -0.299 e. The molecule has 2 aromatic heterocycles. The Morgan fingerprint density at radius 3 is 2.83 bits per heavy atom. The molecular formula is C18H24N4S. The Balaban J connectivity index is 1.50. The minimum absolute atomic E-state index is 0.480. The summed E-state index contributed by atoms with van der Waals surface area (Å²) in [5.74, 6) is 0.600. The van der Waals surface area contributed by atoms with Crippen LogP contribution in [0.1, 0.15) is 52.7 Å².